The largest absolute Gasteiger partial charge is 0.310 e. The van der Waals surface area contributed by atoms with Crippen molar-refractivity contribution in [3.8, 4) is 78.1 Å². The zero-order chi connectivity index (χ0) is 93.8. The number of nitrogens with zero attached hydrogens (tertiary/aromatic N) is 4. The molecule has 18 aromatic carbocycles. The van der Waals surface area contributed by atoms with Crippen LogP contribution in [0.15, 0.2) is 382 Å². The highest BCUT2D eigenvalue weighted by Gasteiger charge is 2.51. The van der Waals surface area contributed by atoms with Gasteiger partial charge in [0.1, 0.15) is 0 Å². The molecule has 0 amide bonds. The smallest absolute Gasteiger partial charge is 0.252 e. The summed E-state index contributed by atoms with van der Waals surface area (Å²) in [5.41, 5.74) is 41.6. The summed E-state index contributed by atoms with van der Waals surface area (Å²) in [7, 11) is 0. The molecule has 23 rings (SSSR count). The monoisotopic (exact) mass is 1760 g/mol. The van der Waals surface area contributed by atoms with Gasteiger partial charge in [0.15, 0.2) is 0 Å². The molecule has 3 aliphatic rings. The summed E-state index contributed by atoms with van der Waals surface area (Å²) in [4.78, 5) is 5.60. The first kappa shape index (κ1) is 85.7. The van der Waals surface area contributed by atoms with Gasteiger partial charge in [-0.2, -0.15) is 0 Å². The first-order valence-electron chi connectivity index (χ1n) is 48.9. The van der Waals surface area contributed by atoms with Crippen LogP contribution in [0.2, 0.25) is 0 Å². The molecule has 0 spiro atoms. The molecule has 2 aromatic heterocycles. The van der Waals surface area contributed by atoms with Crippen molar-refractivity contribution in [2.45, 2.75) is 163 Å². The van der Waals surface area contributed by atoms with E-state index in [1.165, 1.54) is 138 Å². The molecule has 1 aliphatic carbocycles. The van der Waals surface area contributed by atoms with Gasteiger partial charge >= 0.3 is 0 Å². The Labute approximate surface area is 803 Å². The van der Waals surface area contributed by atoms with Crippen LogP contribution in [0.5, 0.6) is 0 Å². The Morgan fingerprint density at radius 2 is 0.559 bits per heavy atom. The van der Waals surface area contributed by atoms with E-state index in [4.69, 9.17) is 0 Å². The second kappa shape index (κ2) is 31.3. The maximum Gasteiger partial charge on any atom is 0.252 e. The fourth-order valence-corrected chi connectivity index (χ4v) is 22.8. The van der Waals surface area contributed by atoms with Crippen molar-refractivity contribution < 1.29 is 0 Å². The number of hydrogen-bond donors (Lipinski definition) is 0. The molecule has 2 aliphatic heterocycles. The highest BCUT2D eigenvalue weighted by Crippen LogP contribution is 2.62. The van der Waals surface area contributed by atoms with Crippen LogP contribution in [0.3, 0.4) is 0 Å². The number of anilines is 6. The van der Waals surface area contributed by atoms with Crippen LogP contribution >= 0.6 is 0 Å². The molecule has 1 unspecified atom stereocenters. The van der Waals surface area contributed by atoms with Crippen LogP contribution in [0, 0.1) is 0 Å². The van der Waals surface area contributed by atoms with Crippen LogP contribution in [0.4, 0.5) is 34.1 Å². The Morgan fingerprint density at radius 1 is 0.221 bits per heavy atom. The average Bonchev–Trinajstić information content (AvgIpc) is 1.21. The predicted molar refractivity (Wildman–Crippen MR) is 583 cm³/mol. The molecule has 1 atom stereocenters. The number of rotatable bonds is 11. The topological polar surface area (TPSA) is 16.3 Å². The van der Waals surface area contributed by atoms with E-state index in [9.17, 15) is 0 Å². The highest BCUT2D eigenvalue weighted by atomic mass is 15.2. The van der Waals surface area contributed by atoms with Gasteiger partial charge in [-0.05, 0) is 275 Å². The third-order valence-corrected chi connectivity index (χ3v) is 30.0. The van der Waals surface area contributed by atoms with Crippen LogP contribution in [0.25, 0.3) is 133 Å². The highest BCUT2D eigenvalue weighted by molar-refractivity contribution is 7.00. The quantitative estimate of drug-likeness (QED) is 0.120. The number of hydrogen-bond acceptors (Lipinski definition) is 2. The molecule has 136 heavy (non-hydrogen) atoms. The van der Waals surface area contributed by atoms with Gasteiger partial charge in [-0.15, -0.1) is 0 Å². The molecule has 0 N–H and O–H groups in total. The van der Waals surface area contributed by atoms with E-state index < -0.39 is 5.41 Å². The number of fused-ring (bicyclic) bond motifs is 14. The minimum Gasteiger partial charge on any atom is -0.310 e. The molecule has 20 aromatic rings. The van der Waals surface area contributed by atoms with Crippen LogP contribution in [-0.4, -0.2) is 15.8 Å². The molecule has 0 saturated heterocycles. The lowest BCUT2D eigenvalue weighted by Gasteiger charge is -2.46. The van der Waals surface area contributed by atoms with Crippen LogP contribution in [0.1, 0.15) is 180 Å². The minimum atomic E-state index is -0.841. The molecule has 4 heterocycles. The Hall–Kier alpha value is -14.5. The van der Waals surface area contributed by atoms with E-state index in [1.54, 1.807) is 0 Å². The SMILES string of the molecule is CC(C)(C)c1cc(-c2ccccc2)c(N2c3cc(-n4c5ccc(C(C)(C)C)cc5c5cc(C(C)(C)C)ccc54)ccc3B3c4ccc(-n5c6ccc(C(C)(C)C)cc6c6cc(C(C)(C)C)ccc65)cc4N(c4c(-c5ccccc5)cc(C(C)(C)C)cc4-c4ccccc4)c4cc(-c5cccc6c5C(c5ccccc5)(c5ccc7ccccc7c5)c5ccccc5-6)cc2c43)c(-c2ccccc2)c1. The van der Waals surface area contributed by atoms with Crippen molar-refractivity contribution >= 4 is 112 Å². The minimum absolute atomic E-state index is 0.106. The maximum absolute atomic E-state index is 2.80. The second-order valence-corrected chi connectivity index (χ2v) is 44.9. The Kier molecular flexibility index (Phi) is 19.7. The molecule has 0 fully saturated rings. The summed E-state index contributed by atoms with van der Waals surface area (Å²) in [6.07, 6.45) is 0. The van der Waals surface area contributed by atoms with Crippen LogP contribution < -0.4 is 26.2 Å². The first-order chi connectivity index (χ1) is 65.2. The summed E-state index contributed by atoms with van der Waals surface area (Å²) in [6, 6.07) is 150. The molecule has 0 bridgehead atoms. The lowest BCUT2D eigenvalue weighted by Crippen LogP contribution is -2.61. The Bertz CT molecular complexity index is 7620. The zero-order valence-electron chi connectivity index (χ0n) is 81.7. The molecule has 4 nitrogen and oxygen atoms in total. The van der Waals surface area contributed by atoms with Crippen molar-refractivity contribution in [1.29, 1.82) is 0 Å². The normalized spacial score (nSPS) is 14.4. The van der Waals surface area contributed by atoms with Gasteiger partial charge in [0, 0.05) is 77.9 Å². The standard InChI is InChI=1S/C131H117BN4/c1-125(2,3)90-57-65-113-106(72-90)107-73-91(126(4,5)6)58-66-114(107)133(113)97-61-63-111-117(80-97)135(123-102(83-40-24-19-25-41-83)76-95(129(13,14)15)77-103(123)84-42-26-20-27-43-84)119-70-88(99-52-38-53-101-100-51-36-37-54-110(100)131(121(99)101,89-49-32-23-33-50-89)94-56-55-82-39-34-35-48-87(82)69-94)71-120-122(119)132(111)112-64-62-98(134-115-67-59-92(127(7,8)9)74-108(115)109-75-93(128(10,11)12)60-68-116(109)134)81-118(112)136(120)124-104(85-44-28-21-29-45-85)78-96(130(16,17)18)79-105(124)86-46-30-22-31-47-86/h19-81H,1-18H3. The van der Waals surface area contributed by atoms with E-state index in [1.807, 2.05) is 0 Å². The van der Waals surface area contributed by atoms with Crippen molar-refractivity contribution in [1.82, 2.24) is 9.13 Å². The third kappa shape index (κ3) is 13.8. The predicted octanol–water partition coefficient (Wildman–Crippen LogP) is 33.6. The van der Waals surface area contributed by atoms with Crippen molar-refractivity contribution in [2.75, 3.05) is 9.80 Å². The zero-order valence-corrected chi connectivity index (χ0v) is 81.7. The number of benzene rings is 18. The van der Waals surface area contributed by atoms with Crippen molar-refractivity contribution in [3.05, 3.63) is 438 Å². The van der Waals surface area contributed by atoms with Crippen molar-refractivity contribution in [3.63, 3.8) is 0 Å². The molecule has 664 valence electrons. The van der Waals surface area contributed by atoms with E-state index in [0.29, 0.717) is 0 Å². The Balaban J connectivity index is 0.941. The molecular weight excluding hydrogens is 1640 g/mol. The van der Waals surface area contributed by atoms with Crippen molar-refractivity contribution in [2.24, 2.45) is 0 Å². The summed E-state index contributed by atoms with van der Waals surface area (Å²) in [6.45, 7) is 42.1. The first-order valence-corrected chi connectivity index (χ1v) is 48.9. The average molecular weight is 1760 g/mol. The molecule has 0 saturated carbocycles. The third-order valence-electron chi connectivity index (χ3n) is 30.0. The summed E-state index contributed by atoms with van der Waals surface area (Å²) in [5.74, 6) is 0. The van der Waals surface area contributed by atoms with Gasteiger partial charge in [-0.1, -0.05) is 392 Å². The second-order valence-electron chi connectivity index (χ2n) is 44.9. The van der Waals surface area contributed by atoms with Gasteiger partial charge < -0.3 is 18.9 Å². The fourth-order valence-electron chi connectivity index (χ4n) is 22.8. The maximum atomic E-state index is 2.80. The molecule has 0 radical (unpaired) electrons. The van der Waals surface area contributed by atoms with E-state index in [-0.39, 0.29) is 39.2 Å². The van der Waals surface area contributed by atoms with E-state index in [0.717, 1.165) is 101 Å². The van der Waals surface area contributed by atoms with Crippen LogP contribution in [-0.2, 0) is 37.9 Å². The van der Waals surface area contributed by atoms with Gasteiger partial charge in [-0.3, -0.25) is 0 Å². The summed E-state index contributed by atoms with van der Waals surface area (Å²) >= 11 is 0. The summed E-state index contributed by atoms with van der Waals surface area (Å²) < 4.78 is 5.19. The van der Waals surface area contributed by atoms with E-state index >= 15 is 0 Å². The fraction of sp³-hybridized carbons (Fsp3) is 0.191. The molecular formula is C131H117BN4. The lowest BCUT2D eigenvalue weighted by atomic mass is 9.33. The van der Waals surface area contributed by atoms with Gasteiger partial charge in [-0.25, -0.2) is 0 Å². The summed E-state index contributed by atoms with van der Waals surface area (Å²) in [5, 5.41) is 7.39. The van der Waals surface area contributed by atoms with E-state index in [2.05, 4.69) is 526 Å². The lowest BCUT2D eigenvalue weighted by molar-refractivity contribution is 0.590. The Morgan fingerprint density at radius 3 is 0.941 bits per heavy atom. The van der Waals surface area contributed by atoms with Gasteiger partial charge in [0.2, 0.25) is 0 Å². The van der Waals surface area contributed by atoms with Gasteiger partial charge in [0.25, 0.3) is 6.71 Å². The van der Waals surface area contributed by atoms with Gasteiger partial charge in [0.05, 0.1) is 38.9 Å². The number of aromatic nitrogens is 2. The molecule has 5 heteroatoms.